The molecule has 0 fully saturated rings. The van der Waals surface area contributed by atoms with Crippen LogP contribution in [0.2, 0.25) is 25.7 Å². The van der Waals surface area contributed by atoms with Crippen molar-refractivity contribution in [2.24, 2.45) is 0 Å². The van der Waals surface area contributed by atoms with Gasteiger partial charge in [0.15, 0.2) is 22.5 Å². The first kappa shape index (κ1) is 30.7. The lowest BCUT2D eigenvalue weighted by molar-refractivity contribution is -0.136. The summed E-state index contributed by atoms with van der Waals surface area (Å²) < 4.78 is 83.9. The lowest BCUT2D eigenvalue weighted by Gasteiger charge is -2.16. The fourth-order valence-corrected chi connectivity index (χ4v) is 4.51. The summed E-state index contributed by atoms with van der Waals surface area (Å²) in [5.41, 5.74) is -1.12. The van der Waals surface area contributed by atoms with Gasteiger partial charge in [0.2, 0.25) is 0 Å². The van der Waals surface area contributed by atoms with Crippen LogP contribution in [0.3, 0.4) is 0 Å². The van der Waals surface area contributed by atoms with Crippen LogP contribution in [0.25, 0.3) is 11.0 Å². The predicted octanol–water partition coefficient (Wildman–Crippen LogP) is 6.29. The molecule has 2 aromatic heterocycles. The van der Waals surface area contributed by atoms with Crippen LogP contribution in [0, 0.1) is 11.6 Å². The molecule has 7 nitrogen and oxygen atoms in total. The Hall–Kier alpha value is -2.81. The van der Waals surface area contributed by atoms with Crippen molar-refractivity contribution in [3.05, 3.63) is 47.8 Å². The van der Waals surface area contributed by atoms with Gasteiger partial charge in [-0.05, 0) is 38.4 Å². The average Bonchev–Trinajstić information content (AvgIpc) is 3.18. The number of alkyl halides is 3. The molecular formula is C25H32F5N5O2SSi. The second kappa shape index (κ2) is 12.6. The predicted molar refractivity (Wildman–Crippen MR) is 148 cm³/mol. The van der Waals surface area contributed by atoms with E-state index in [0.29, 0.717) is 19.7 Å². The molecule has 39 heavy (non-hydrogen) atoms. The molecule has 0 radical (unpaired) electrons. The van der Waals surface area contributed by atoms with Gasteiger partial charge in [-0.15, -0.1) is 0 Å². The molecule has 1 aromatic carbocycles. The summed E-state index contributed by atoms with van der Waals surface area (Å²) in [6.07, 6.45) is -2.70. The molecule has 0 atom stereocenters. The van der Waals surface area contributed by atoms with Crippen molar-refractivity contribution >= 4 is 42.1 Å². The Labute approximate surface area is 230 Å². The number of benzene rings is 1. The first-order valence-corrected chi connectivity index (χ1v) is 16.3. The summed E-state index contributed by atoms with van der Waals surface area (Å²) in [6, 6.07) is 3.85. The van der Waals surface area contributed by atoms with Gasteiger partial charge in [-0.2, -0.15) is 13.2 Å². The highest BCUT2D eigenvalue weighted by Crippen LogP contribution is 2.42. The number of halogens is 5. The van der Waals surface area contributed by atoms with Crippen molar-refractivity contribution < 1.29 is 31.4 Å². The zero-order valence-corrected chi connectivity index (χ0v) is 24.2. The van der Waals surface area contributed by atoms with E-state index in [1.807, 2.05) is 19.0 Å². The maximum atomic E-state index is 14.9. The lowest BCUT2D eigenvalue weighted by atomic mass is 10.2. The topological polar surface area (TPSA) is 63.6 Å². The van der Waals surface area contributed by atoms with Crippen LogP contribution in [-0.4, -0.2) is 61.4 Å². The fourth-order valence-electron chi connectivity index (χ4n) is 3.53. The van der Waals surface area contributed by atoms with Crippen LogP contribution < -0.4 is 15.4 Å². The first-order valence-electron chi connectivity index (χ1n) is 12.1. The summed E-state index contributed by atoms with van der Waals surface area (Å²) in [5.74, 6) is -3.50. The van der Waals surface area contributed by atoms with E-state index in [9.17, 15) is 22.0 Å². The minimum absolute atomic E-state index is 0.0113. The van der Waals surface area contributed by atoms with Gasteiger partial charge in [0, 0.05) is 58.0 Å². The minimum Gasteiger partial charge on any atom is -0.450 e. The molecule has 2 N–H and O–H groups in total. The summed E-state index contributed by atoms with van der Waals surface area (Å²) in [5, 5.41) is 5.31. The molecule has 0 saturated heterocycles. The molecule has 0 saturated carbocycles. The van der Waals surface area contributed by atoms with Crippen LogP contribution in [0.5, 0.6) is 11.5 Å². The first-order chi connectivity index (χ1) is 18.2. The quantitative estimate of drug-likeness (QED) is 0.118. The van der Waals surface area contributed by atoms with Gasteiger partial charge in [-0.1, -0.05) is 19.6 Å². The fraction of sp³-hybridized carbons (Fsp3) is 0.440. The summed E-state index contributed by atoms with van der Waals surface area (Å²) in [4.78, 5) is 5.99. The number of pyridine rings is 1. The number of hydrogen-bond acceptors (Lipinski definition) is 5. The van der Waals surface area contributed by atoms with Crippen LogP contribution >= 0.6 is 12.2 Å². The maximum absolute atomic E-state index is 14.9. The largest absolute Gasteiger partial charge is 0.450 e. The van der Waals surface area contributed by atoms with E-state index in [-0.39, 0.29) is 23.2 Å². The molecule has 0 spiro atoms. The van der Waals surface area contributed by atoms with Crippen LogP contribution in [0.15, 0.2) is 30.6 Å². The van der Waals surface area contributed by atoms with E-state index >= 15 is 0 Å². The number of likely N-dealkylation sites (N-methyl/N-ethyl adjacent to an activating group) is 1. The maximum Gasteiger partial charge on any atom is 0.418 e. The Morgan fingerprint density at radius 3 is 2.41 bits per heavy atom. The Morgan fingerprint density at radius 2 is 1.82 bits per heavy atom. The second-order valence-corrected chi connectivity index (χ2v) is 16.5. The molecule has 3 aromatic rings. The van der Waals surface area contributed by atoms with Gasteiger partial charge in [0.1, 0.15) is 18.1 Å². The SMILES string of the molecule is CN(C)CCNC(=S)Nc1cc(F)c(Oc2ccnc3c2c(C(F)(F)F)cn3COCC[Si](C)(C)C)c(F)c1. The molecular weight excluding hydrogens is 557 g/mol. The molecule has 0 aliphatic heterocycles. The molecule has 0 unspecified atom stereocenters. The average molecular weight is 590 g/mol. The Balaban J connectivity index is 1.87. The highest BCUT2D eigenvalue weighted by atomic mass is 32.1. The summed E-state index contributed by atoms with van der Waals surface area (Å²) >= 11 is 5.13. The molecule has 0 aliphatic rings. The third-order valence-electron chi connectivity index (χ3n) is 5.56. The highest BCUT2D eigenvalue weighted by Gasteiger charge is 2.37. The molecule has 214 valence electrons. The smallest absolute Gasteiger partial charge is 0.418 e. The number of thiocarbonyl (C=S) groups is 1. The van der Waals surface area contributed by atoms with E-state index in [1.54, 1.807) is 0 Å². The number of anilines is 1. The van der Waals surface area contributed by atoms with E-state index in [2.05, 4.69) is 35.3 Å². The molecule has 0 bridgehead atoms. The Kier molecular flexibility index (Phi) is 9.91. The van der Waals surface area contributed by atoms with Gasteiger partial charge >= 0.3 is 6.18 Å². The van der Waals surface area contributed by atoms with Crippen molar-refractivity contribution in [2.75, 3.05) is 39.1 Å². The van der Waals surface area contributed by atoms with Crippen LogP contribution in [0.1, 0.15) is 5.56 Å². The lowest BCUT2D eigenvalue weighted by Crippen LogP contribution is -2.34. The van der Waals surface area contributed by atoms with Gasteiger partial charge < -0.3 is 29.6 Å². The van der Waals surface area contributed by atoms with Crippen LogP contribution in [0.4, 0.5) is 27.6 Å². The van der Waals surface area contributed by atoms with Crippen molar-refractivity contribution in [2.45, 2.75) is 38.6 Å². The minimum atomic E-state index is -4.77. The number of hydrogen-bond donors (Lipinski definition) is 2. The van der Waals surface area contributed by atoms with E-state index in [1.165, 1.54) is 10.8 Å². The monoisotopic (exact) mass is 589 g/mol. The van der Waals surface area contributed by atoms with E-state index in [4.69, 9.17) is 21.7 Å². The number of nitrogens with one attached hydrogen (secondary N) is 2. The standard InChI is InChI=1S/C25H32F5N5O2SSi/c1-34(2)9-8-32-24(38)33-16-12-18(26)22(19(27)13-16)37-20-6-7-31-23-21(20)17(25(28,29)30)14-35(23)15-36-10-11-39(3,4)5/h6-7,12-14H,8-11,15H2,1-5H3,(H2,32,33,38). The normalized spacial score (nSPS) is 12.3. The summed E-state index contributed by atoms with van der Waals surface area (Å²) in [6.45, 7) is 7.89. The summed E-state index contributed by atoms with van der Waals surface area (Å²) in [7, 11) is 2.37. The van der Waals surface area contributed by atoms with Crippen molar-refractivity contribution in [3.63, 3.8) is 0 Å². The number of rotatable bonds is 11. The van der Waals surface area contributed by atoms with Gasteiger partial charge in [-0.3, -0.25) is 0 Å². The van der Waals surface area contributed by atoms with Gasteiger partial charge in [-0.25, -0.2) is 13.8 Å². The van der Waals surface area contributed by atoms with Crippen molar-refractivity contribution in [1.82, 2.24) is 19.8 Å². The zero-order chi connectivity index (χ0) is 29.0. The second-order valence-electron chi connectivity index (χ2n) is 10.4. The number of nitrogens with zero attached hydrogens (tertiary/aromatic N) is 3. The van der Waals surface area contributed by atoms with E-state index < -0.39 is 48.3 Å². The van der Waals surface area contributed by atoms with Crippen LogP contribution in [-0.2, 0) is 17.6 Å². The number of aromatic nitrogens is 2. The van der Waals surface area contributed by atoms with E-state index in [0.717, 1.165) is 30.4 Å². The Morgan fingerprint density at radius 1 is 1.15 bits per heavy atom. The zero-order valence-electron chi connectivity index (χ0n) is 22.4. The molecule has 0 amide bonds. The van der Waals surface area contributed by atoms with Gasteiger partial charge in [0.25, 0.3) is 0 Å². The van der Waals surface area contributed by atoms with Crippen molar-refractivity contribution in [3.8, 4) is 11.5 Å². The molecule has 3 rings (SSSR count). The molecule has 2 heterocycles. The Bertz CT molecular complexity index is 1290. The third-order valence-corrected chi connectivity index (χ3v) is 7.51. The van der Waals surface area contributed by atoms with Crippen molar-refractivity contribution in [1.29, 1.82) is 0 Å². The number of fused-ring (bicyclic) bond motifs is 1. The van der Waals surface area contributed by atoms with Gasteiger partial charge in [0.05, 0.1) is 10.9 Å². The number of ether oxygens (including phenoxy) is 2. The molecule has 14 heteroatoms. The highest BCUT2D eigenvalue weighted by molar-refractivity contribution is 7.80. The molecule has 0 aliphatic carbocycles. The third kappa shape index (κ3) is 8.59.